The molecule has 5 nitrogen and oxygen atoms in total. The Morgan fingerprint density at radius 2 is 2.05 bits per heavy atom. The van der Waals surface area contributed by atoms with E-state index in [4.69, 9.17) is 10.5 Å². The van der Waals surface area contributed by atoms with Crippen molar-refractivity contribution in [1.29, 1.82) is 0 Å². The van der Waals surface area contributed by atoms with E-state index in [9.17, 15) is 0 Å². The molecule has 3 aromatic rings. The van der Waals surface area contributed by atoms with Crippen LogP contribution >= 0.6 is 11.3 Å². The molecular weight excluding hydrogens is 272 g/mol. The van der Waals surface area contributed by atoms with Crippen LogP contribution in [0.5, 0.6) is 11.6 Å². The highest BCUT2D eigenvalue weighted by molar-refractivity contribution is 7.16. The molecule has 0 spiro atoms. The molecule has 0 unspecified atom stereocenters. The molecule has 0 amide bonds. The van der Waals surface area contributed by atoms with Crippen LogP contribution in [0.1, 0.15) is 18.3 Å². The molecule has 2 N–H and O–H groups in total. The summed E-state index contributed by atoms with van der Waals surface area (Å²) in [5, 5.41) is 2.81. The van der Waals surface area contributed by atoms with Gasteiger partial charge in [0.15, 0.2) is 5.75 Å². The molecule has 3 rings (SSSR count). The van der Waals surface area contributed by atoms with E-state index in [2.05, 4.69) is 15.0 Å². The molecule has 3 heterocycles. The van der Waals surface area contributed by atoms with Crippen LogP contribution in [0.15, 0.2) is 23.6 Å². The normalized spacial score (nSPS) is 10.9. The molecule has 0 saturated carbocycles. The number of aromatic nitrogens is 3. The monoisotopic (exact) mass is 286 g/mol. The lowest BCUT2D eigenvalue weighted by molar-refractivity contribution is 0.460. The highest BCUT2D eigenvalue weighted by Crippen LogP contribution is 2.32. The number of ether oxygens (including phenoxy) is 1. The summed E-state index contributed by atoms with van der Waals surface area (Å²) in [6, 6.07) is 5.77. The standard InChI is InChI=1S/C14H14N4OS/c1-3-10-11(5-4-8(2)16-10)19-12-9-6-7-20-13(9)18-14(15)17-12/h4-7H,3H2,1-2H3,(H2,15,17,18). The molecule has 0 aliphatic carbocycles. The first kappa shape index (κ1) is 12.8. The third-order valence-electron chi connectivity index (χ3n) is 2.92. The summed E-state index contributed by atoms with van der Waals surface area (Å²) in [5.41, 5.74) is 7.60. The number of hydrogen-bond donors (Lipinski definition) is 1. The van der Waals surface area contributed by atoms with Crippen LogP contribution in [0.4, 0.5) is 5.95 Å². The molecule has 0 aromatic carbocycles. The maximum Gasteiger partial charge on any atom is 0.232 e. The van der Waals surface area contributed by atoms with Gasteiger partial charge in [-0.25, -0.2) is 4.98 Å². The summed E-state index contributed by atoms with van der Waals surface area (Å²) in [4.78, 5) is 13.7. The van der Waals surface area contributed by atoms with E-state index in [0.29, 0.717) is 11.6 Å². The molecule has 0 atom stereocenters. The van der Waals surface area contributed by atoms with Gasteiger partial charge in [0.25, 0.3) is 0 Å². The van der Waals surface area contributed by atoms with Gasteiger partial charge < -0.3 is 10.5 Å². The molecule has 0 saturated heterocycles. The first-order chi connectivity index (χ1) is 9.67. The highest BCUT2D eigenvalue weighted by atomic mass is 32.1. The minimum atomic E-state index is 0.216. The van der Waals surface area contributed by atoms with Gasteiger partial charge in [-0.15, -0.1) is 11.3 Å². The zero-order valence-electron chi connectivity index (χ0n) is 11.3. The molecule has 0 aliphatic rings. The van der Waals surface area contributed by atoms with E-state index in [1.165, 1.54) is 11.3 Å². The van der Waals surface area contributed by atoms with E-state index in [-0.39, 0.29) is 5.95 Å². The van der Waals surface area contributed by atoms with Crippen molar-refractivity contribution < 1.29 is 4.74 Å². The topological polar surface area (TPSA) is 73.9 Å². The van der Waals surface area contributed by atoms with Crippen LogP contribution in [0.2, 0.25) is 0 Å². The fourth-order valence-electron chi connectivity index (χ4n) is 1.97. The first-order valence-electron chi connectivity index (χ1n) is 6.32. The maximum absolute atomic E-state index is 5.92. The van der Waals surface area contributed by atoms with Gasteiger partial charge in [-0.1, -0.05) is 6.92 Å². The molecule has 6 heteroatoms. The van der Waals surface area contributed by atoms with Crippen LogP contribution in [0, 0.1) is 6.92 Å². The zero-order chi connectivity index (χ0) is 14.1. The van der Waals surface area contributed by atoms with Crippen LogP contribution in [0.3, 0.4) is 0 Å². The molecule has 3 aromatic heterocycles. The van der Waals surface area contributed by atoms with Gasteiger partial charge in [0.05, 0.1) is 11.1 Å². The van der Waals surface area contributed by atoms with Crippen LogP contribution < -0.4 is 10.5 Å². The van der Waals surface area contributed by atoms with Crippen molar-refractivity contribution >= 4 is 27.5 Å². The average Bonchev–Trinajstić information content (AvgIpc) is 2.88. The fourth-order valence-corrected chi connectivity index (χ4v) is 2.73. The lowest BCUT2D eigenvalue weighted by Gasteiger charge is -2.10. The van der Waals surface area contributed by atoms with Gasteiger partial charge in [-0.3, -0.25) is 4.98 Å². The SMILES string of the molecule is CCc1nc(C)ccc1Oc1nc(N)nc2sccc12. The summed E-state index contributed by atoms with van der Waals surface area (Å²) >= 11 is 1.51. The Labute approximate surface area is 120 Å². The minimum Gasteiger partial charge on any atom is -0.436 e. The van der Waals surface area contributed by atoms with Gasteiger partial charge >= 0.3 is 0 Å². The maximum atomic E-state index is 5.92. The van der Waals surface area contributed by atoms with Gasteiger partial charge in [0.1, 0.15) is 4.83 Å². The van der Waals surface area contributed by atoms with E-state index >= 15 is 0 Å². The lowest BCUT2D eigenvalue weighted by Crippen LogP contribution is -2.00. The molecular formula is C14H14N4OS. The van der Waals surface area contributed by atoms with Crippen molar-refractivity contribution in [3.05, 3.63) is 35.0 Å². The number of nitrogen functional groups attached to an aromatic ring is 1. The number of nitrogens with two attached hydrogens (primary N) is 1. The Hall–Kier alpha value is -2.21. The third kappa shape index (κ3) is 2.30. The lowest BCUT2D eigenvalue weighted by atomic mass is 10.2. The minimum absolute atomic E-state index is 0.216. The smallest absolute Gasteiger partial charge is 0.232 e. The molecule has 0 radical (unpaired) electrons. The summed E-state index contributed by atoms with van der Waals surface area (Å²) in [6.07, 6.45) is 0.796. The van der Waals surface area contributed by atoms with E-state index in [1.54, 1.807) is 0 Å². The van der Waals surface area contributed by atoms with Crippen molar-refractivity contribution in [2.24, 2.45) is 0 Å². The summed E-state index contributed by atoms with van der Waals surface area (Å²) in [5.74, 6) is 1.41. The largest absolute Gasteiger partial charge is 0.436 e. The molecule has 0 aliphatic heterocycles. The van der Waals surface area contributed by atoms with Crippen molar-refractivity contribution in [3.8, 4) is 11.6 Å². The number of nitrogens with zero attached hydrogens (tertiary/aromatic N) is 3. The second kappa shape index (κ2) is 5.05. The summed E-state index contributed by atoms with van der Waals surface area (Å²) < 4.78 is 5.92. The van der Waals surface area contributed by atoms with Crippen LogP contribution in [-0.2, 0) is 6.42 Å². The van der Waals surface area contributed by atoms with E-state index in [0.717, 1.165) is 28.0 Å². The fraction of sp³-hybridized carbons (Fsp3) is 0.214. The predicted octanol–water partition coefficient (Wildman–Crippen LogP) is 3.33. The van der Waals surface area contributed by atoms with Crippen LogP contribution in [-0.4, -0.2) is 15.0 Å². The summed E-state index contributed by atoms with van der Waals surface area (Å²) in [7, 11) is 0. The van der Waals surface area contributed by atoms with E-state index in [1.807, 2.05) is 37.4 Å². The van der Waals surface area contributed by atoms with Gasteiger partial charge in [-0.05, 0) is 36.9 Å². The van der Waals surface area contributed by atoms with Gasteiger partial charge in [0.2, 0.25) is 11.8 Å². The number of rotatable bonds is 3. The third-order valence-corrected chi connectivity index (χ3v) is 3.73. The zero-order valence-corrected chi connectivity index (χ0v) is 12.1. The van der Waals surface area contributed by atoms with Gasteiger partial charge in [-0.2, -0.15) is 4.98 Å². The second-order valence-corrected chi connectivity index (χ2v) is 5.27. The quantitative estimate of drug-likeness (QED) is 0.799. The van der Waals surface area contributed by atoms with E-state index < -0.39 is 0 Å². The van der Waals surface area contributed by atoms with Crippen molar-refractivity contribution in [3.63, 3.8) is 0 Å². The Morgan fingerprint density at radius 3 is 2.85 bits per heavy atom. The van der Waals surface area contributed by atoms with Crippen molar-refractivity contribution in [1.82, 2.24) is 15.0 Å². The van der Waals surface area contributed by atoms with Crippen molar-refractivity contribution in [2.75, 3.05) is 5.73 Å². The predicted molar refractivity (Wildman–Crippen MR) is 80.3 cm³/mol. The number of hydrogen-bond acceptors (Lipinski definition) is 6. The number of thiophene rings is 1. The molecule has 20 heavy (non-hydrogen) atoms. The second-order valence-electron chi connectivity index (χ2n) is 4.38. The Bertz CT molecular complexity index is 769. The Balaban J connectivity index is 2.07. The van der Waals surface area contributed by atoms with Gasteiger partial charge in [0, 0.05) is 5.69 Å². The molecule has 0 bridgehead atoms. The first-order valence-corrected chi connectivity index (χ1v) is 7.20. The number of pyridine rings is 1. The summed E-state index contributed by atoms with van der Waals surface area (Å²) in [6.45, 7) is 4.01. The number of aryl methyl sites for hydroxylation is 2. The Morgan fingerprint density at radius 1 is 1.20 bits per heavy atom. The molecule has 0 fully saturated rings. The number of fused-ring (bicyclic) bond motifs is 1. The molecule has 102 valence electrons. The Kier molecular flexibility index (Phi) is 3.23. The van der Waals surface area contributed by atoms with Crippen LogP contribution in [0.25, 0.3) is 10.2 Å². The van der Waals surface area contributed by atoms with Crippen molar-refractivity contribution in [2.45, 2.75) is 20.3 Å². The average molecular weight is 286 g/mol. The number of anilines is 1. The highest BCUT2D eigenvalue weighted by Gasteiger charge is 2.12.